The van der Waals surface area contributed by atoms with Crippen LogP contribution in [0.25, 0.3) is 0 Å². The Morgan fingerprint density at radius 3 is 2.32 bits per heavy atom. The van der Waals surface area contributed by atoms with Gasteiger partial charge in [0.2, 0.25) is 11.8 Å². The molecule has 1 heterocycles. The lowest BCUT2D eigenvalue weighted by atomic mass is 9.78. The molecule has 2 fully saturated rings. The van der Waals surface area contributed by atoms with Crippen molar-refractivity contribution < 1.29 is 14.4 Å². The van der Waals surface area contributed by atoms with Crippen LogP contribution in [0.2, 0.25) is 0 Å². The van der Waals surface area contributed by atoms with Crippen molar-refractivity contribution in [3.63, 3.8) is 0 Å². The van der Waals surface area contributed by atoms with Gasteiger partial charge >= 0.3 is 6.03 Å². The van der Waals surface area contributed by atoms with Crippen LogP contribution < -0.4 is 5.32 Å². The van der Waals surface area contributed by atoms with Gasteiger partial charge in [-0.25, -0.2) is 4.79 Å². The topological polar surface area (TPSA) is 66.5 Å². The molecule has 1 saturated carbocycles. The fourth-order valence-electron chi connectivity index (χ4n) is 3.38. The fourth-order valence-corrected chi connectivity index (χ4v) is 3.38. The zero-order valence-corrected chi connectivity index (χ0v) is 11.9. The highest BCUT2D eigenvalue weighted by Gasteiger charge is 2.54. The van der Waals surface area contributed by atoms with Crippen molar-refractivity contribution >= 4 is 17.8 Å². The molecule has 0 bridgehead atoms. The lowest BCUT2D eigenvalue weighted by Gasteiger charge is -2.41. The van der Waals surface area contributed by atoms with Crippen LogP contribution in [-0.4, -0.2) is 28.8 Å². The Labute approximate surface area is 113 Å². The summed E-state index contributed by atoms with van der Waals surface area (Å²) in [5.74, 6) is -0.422. The first-order chi connectivity index (χ1) is 8.97. The van der Waals surface area contributed by atoms with Crippen LogP contribution in [0.15, 0.2) is 0 Å². The number of carbonyl (C=O) groups is 3. The van der Waals surface area contributed by atoms with Gasteiger partial charge in [-0.05, 0) is 31.6 Å². The van der Waals surface area contributed by atoms with Crippen LogP contribution in [0, 0.1) is 11.3 Å². The van der Waals surface area contributed by atoms with Gasteiger partial charge in [-0.1, -0.05) is 27.2 Å². The molecule has 2 unspecified atom stereocenters. The minimum atomic E-state index is -1.06. The fraction of sp³-hybridized carbons (Fsp3) is 0.786. The summed E-state index contributed by atoms with van der Waals surface area (Å²) in [6.45, 7) is 5.72. The first-order valence-corrected chi connectivity index (χ1v) is 7.17. The number of urea groups is 1. The maximum absolute atomic E-state index is 12.7. The molecule has 2 rings (SSSR count). The average molecular weight is 266 g/mol. The van der Waals surface area contributed by atoms with Crippen molar-refractivity contribution in [3.8, 4) is 0 Å². The van der Waals surface area contributed by atoms with E-state index in [9.17, 15) is 14.4 Å². The van der Waals surface area contributed by atoms with E-state index >= 15 is 0 Å². The number of carbonyl (C=O) groups excluding carboxylic acids is 3. The van der Waals surface area contributed by atoms with Gasteiger partial charge in [0.05, 0.1) is 0 Å². The van der Waals surface area contributed by atoms with Gasteiger partial charge in [0.15, 0.2) is 0 Å². The Morgan fingerprint density at radius 1 is 1.21 bits per heavy atom. The van der Waals surface area contributed by atoms with E-state index in [2.05, 4.69) is 12.2 Å². The SMILES string of the molecule is CCC1(CC)C(=O)NC(=O)N(C2CCCC2C)C1=O. The lowest BCUT2D eigenvalue weighted by Crippen LogP contribution is -2.66. The standard InChI is InChI=1S/C14H22N2O3/c1-4-14(5-2)11(17)15-13(19)16(12(14)18)10-8-6-7-9(10)3/h9-10H,4-8H2,1-3H3,(H,15,17,19). The van der Waals surface area contributed by atoms with Crippen molar-refractivity contribution in [3.05, 3.63) is 0 Å². The smallest absolute Gasteiger partial charge is 0.277 e. The van der Waals surface area contributed by atoms with Gasteiger partial charge in [0.25, 0.3) is 0 Å². The normalized spacial score (nSPS) is 30.7. The highest BCUT2D eigenvalue weighted by molar-refractivity contribution is 6.19. The third-order valence-electron chi connectivity index (χ3n) is 4.86. The monoisotopic (exact) mass is 266 g/mol. The molecule has 0 aromatic rings. The molecule has 4 amide bonds. The van der Waals surface area contributed by atoms with E-state index in [4.69, 9.17) is 0 Å². The summed E-state index contributed by atoms with van der Waals surface area (Å²) >= 11 is 0. The van der Waals surface area contributed by atoms with E-state index in [1.165, 1.54) is 4.90 Å². The number of nitrogens with one attached hydrogen (secondary N) is 1. The van der Waals surface area contributed by atoms with E-state index in [1.807, 2.05) is 13.8 Å². The van der Waals surface area contributed by atoms with Crippen molar-refractivity contribution in [2.45, 2.75) is 58.9 Å². The second-order valence-corrected chi connectivity index (χ2v) is 5.70. The number of hydrogen-bond donors (Lipinski definition) is 1. The van der Waals surface area contributed by atoms with Crippen LogP contribution in [0.3, 0.4) is 0 Å². The number of imide groups is 2. The summed E-state index contributed by atoms with van der Waals surface area (Å²) in [6, 6.07) is -0.593. The van der Waals surface area contributed by atoms with E-state index in [-0.39, 0.29) is 11.9 Å². The summed E-state index contributed by atoms with van der Waals surface area (Å²) in [6.07, 6.45) is 3.76. The molecule has 0 spiro atoms. The van der Waals surface area contributed by atoms with Gasteiger partial charge in [-0.15, -0.1) is 0 Å². The summed E-state index contributed by atoms with van der Waals surface area (Å²) in [5, 5.41) is 2.38. The van der Waals surface area contributed by atoms with E-state index in [0.29, 0.717) is 18.8 Å². The first kappa shape index (κ1) is 14.0. The zero-order chi connectivity index (χ0) is 14.2. The number of hydrogen-bond acceptors (Lipinski definition) is 3. The van der Waals surface area contributed by atoms with Crippen LogP contribution in [-0.2, 0) is 9.59 Å². The molecular formula is C14H22N2O3. The molecule has 0 radical (unpaired) electrons. The highest BCUT2D eigenvalue weighted by atomic mass is 16.2. The molecular weight excluding hydrogens is 244 g/mol. The Balaban J connectivity index is 2.36. The van der Waals surface area contributed by atoms with Crippen LogP contribution in [0.4, 0.5) is 4.79 Å². The minimum Gasteiger partial charge on any atom is -0.277 e. The quantitative estimate of drug-likeness (QED) is 0.795. The van der Waals surface area contributed by atoms with Crippen LogP contribution in [0.5, 0.6) is 0 Å². The zero-order valence-electron chi connectivity index (χ0n) is 11.9. The van der Waals surface area contributed by atoms with Gasteiger partial charge in [-0.3, -0.25) is 19.8 Å². The predicted octanol–water partition coefficient (Wildman–Crippen LogP) is 2.06. The third-order valence-corrected chi connectivity index (χ3v) is 4.86. The lowest BCUT2D eigenvalue weighted by molar-refractivity contribution is -0.154. The third kappa shape index (κ3) is 1.95. The summed E-state index contributed by atoms with van der Waals surface area (Å²) in [4.78, 5) is 38.1. The molecule has 1 aliphatic carbocycles. The molecule has 106 valence electrons. The Kier molecular flexibility index (Phi) is 3.65. The first-order valence-electron chi connectivity index (χ1n) is 7.17. The van der Waals surface area contributed by atoms with E-state index in [0.717, 1.165) is 19.3 Å². The van der Waals surface area contributed by atoms with Crippen LogP contribution >= 0.6 is 0 Å². The Bertz CT molecular complexity index is 415. The summed E-state index contributed by atoms with van der Waals surface area (Å²) < 4.78 is 0. The molecule has 0 aromatic heterocycles. The van der Waals surface area contributed by atoms with Gasteiger partial charge in [-0.2, -0.15) is 0 Å². The second kappa shape index (κ2) is 4.94. The minimum absolute atomic E-state index is 0.0573. The van der Waals surface area contributed by atoms with Crippen molar-refractivity contribution in [2.24, 2.45) is 11.3 Å². The van der Waals surface area contributed by atoms with E-state index < -0.39 is 17.4 Å². The molecule has 2 atom stereocenters. The molecule has 19 heavy (non-hydrogen) atoms. The summed E-state index contributed by atoms with van der Waals surface area (Å²) in [7, 11) is 0. The van der Waals surface area contributed by atoms with Crippen molar-refractivity contribution in [2.75, 3.05) is 0 Å². The number of nitrogens with zero attached hydrogens (tertiary/aromatic N) is 1. The highest BCUT2D eigenvalue weighted by Crippen LogP contribution is 2.37. The summed E-state index contributed by atoms with van der Waals surface area (Å²) in [5.41, 5.74) is -1.06. The molecule has 0 aromatic carbocycles. The molecule has 5 heteroatoms. The second-order valence-electron chi connectivity index (χ2n) is 5.70. The molecule has 5 nitrogen and oxygen atoms in total. The van der Waals surface area contributed by atoms with Gasteiger partial charge < -0.3 is 0 Å². The van der Waals surface area contributed by atoms with Gasteiger partial charge in [0, 0.05) is 6.04 Å². The maximum Gasteiger partial charge on any atom is 0.331 e. The molecule has 1 N–H and O–H groups in total. The average Bonchev–Trinajstić information content (AvgIpc) is 2.77. The Hall–Kier alpha value is -1.39. The number of amides is 4. The Morgan fingerprint density at radius 2 is 1.84 bits per heavy atom. The predicted molar refractivity (Wildman–Crippen MR) is 70.2 cm³/mol. The molecule has 1 aliphatic heterocycles. The van der Waals surface area contributed by atoms with Crippen LogP contribution in [0.1, 0.15) is 52.9 Å². The maximum atomic E-state index is 12.7. The van der Waals surface area contributed by atoms with Gasteiger partial charge in [0.1, 0.15) is 5.41 Å². The van der Waals surface area contributed by atoms with Crippen molar-refractivity contribution in [1.29, 1.82) is 0 Å². The molecule has 1 saturated heterocycles. The largest absolute Gasteiger partial charge is 0.331 e. The number of barbiturate groups is 1. The van der Waals surface area contributed by atoms with E-state index in [1.54, 1.807) is 0 Å². The van der Waals surface area contributed by atoms with Crippen molar-refractivity contribution in [1.82, 2.24) is 10.2 Å². The molecule has 2 aliphatic rings. The number of rotatable bonds is 3.